The van der Waals surface area contributed by atoms with Crippen molar-refractivity contribution < 1.29 is 19.2 Å². The Balaban J connectivity index is 1.13. The minimum absolute atomic E-state index is 0.190. The number of benzene rings is 4. The third kappa shape index (κ3) is 12.5. The summed E-state index contributed by atoms with van der Waals surface area (Å²) in [4.78, 5) is 51.7. The first-order valence-corrected chi connectivity index (χ1v) is 16.8. The average molecular weight is 647 g/mol. The Morgan fingerprint density at radius 1 is 0.417 bits per heavy atom. The topological polar surface area (TPSA) is 116 Å². The predicted molar refractivity (Wildman–Crippen MR) is 189 cm³/mol. The van der Waals surface area contributed by atoms with Gasteiger partial charge in [0.05, 0.1) is 0 Å². The Hall–Kier alpha value is -5.24. The summed E-state index contributed by atoms with van der Waals surface area (Å²) in [7, 11) is 0. The molecule has 48 heavy (non-hydrogen) atoms. The molecule has 4 aromatic rings. The minimum atomic E-state index is -0.672. The molecular formula is C40H46N4O4. The summed E-state index contributed by atoms with van der Waals surface area (Å²) in [6, 6.07) is 35.8. The molecule has 0 bridgehead atoms. The summed E-state index contributed by atoms with van der Waals surface area (Å²) in [6.45, 7) is 1.08. The fourth-order valence-electron chi connectivity index (χ4n) is 5.41. The van der Waals surface area contributed by atoms with Gasteiger partial charge in [-0.1, -0.05) is 123 Å². The highest BCUT2D eigenvalue weighted by molar-refractivity contribution is 5.98. The van der Waals surface area contributed by atoms with Crippen LogP contribution < -0.4 is 21.3 Å². The van der Waals surface area contributed by atoms with Crippen molar-refractivity contribution in [1.29, 1.82) is 0 Å². The molecule has 4 amide bonds. The molecule has 0 unspecified atom stereocenters. The van der Waals surface area contributed by atoms with Gasteiger partial charge in [0, 0.05) is 37.1 Å². The number of nitrogens with one attached hydrogen (secondary N) is 4. The first kappa shape index (κ1) is 35.6. The van der Waals surface area contributed by atoms with E-state index in [9.17, 15) is 19.2 Å². The number of amides is 4. The standard InChI is InChI=1S/C40H46N4O4/c45-37(33-23-13-7-14-24-33)43-35(29-31-19-9-5-10-20-31)39(47)41-27-17-3-1-2-4-18-28-42-40(48)36(30-32-21-11-6-12-22-32)44-38(46)34-25-15-8-16-26-34/h5-16,19-26,35-36H,1-4,17-18,27-30H2,(H,41,47)(H,42,48)(H,43,45)(H,44,46)/t35-,36-/m0/s1. The SMILES string of the molecule is O=C(N[C@@H](Cc1ccccc1)C(=O)NCCCCCCCCNC(=O)[C@H](Cc1ccccc1)NC(=O)c1ccccc1)c1ccccc1. The molecule has 8 nitrogen and oxygen atoms in total. The maximum Gasteiger partial charge on any atom is 0.251 e. The minimum Gasteiger partial charge on any atom is -0.354 e. The smallest absolute Gasteiger partial charge is 0.251 e. The number of hydrogen-bond donors (Lipinski definition) is 4. The van der Waals surface area contributed by atoms with E-state index in [0.29, 0.717) is 37.1 Å². The van der Waals surface area contributed by atoms with Gasteiger partial charge in [-0.05, 0) is 48.2 Å². The van der Waals surface area contributed by atoms with E-state index in [1.54, 1.807) is 48.5 Å². The van der Waals surface area contributed by atoms with E-state index < -0.39 is 12.1 Å². The van der Waals surface area contributed by atoms with Gasteiger partial charge in [0.25, 0.3) is 11.8 Å². The van der Waals surface area contributed by atoms with E-state index in [2.05, 4.69) is 21.3 Å². The highest BCUT2D eigenvalue weighted by Gasteiger charge is 2.23. The lowest BCUT2D eigenvalue weighted by molar-refractivity contribution is -0.123. The van der Waals surface area contributed by atoms with Gasteiger partial charge in [0.2, 0.25) is 11.8 Å². The Kier molecular flexibility index (Phi) is 14.9. The van der Waals surface area contributed by atoms with Crippen LogP contribution in [0.2, 0.25) is 0 Å². The molecule has 0 saturated carbocycles. The number of unbranched alkanes of at least 4 members (excludes halogenated alkanes) is 5. The third-order valence-electron chi connectivity index (χ3n) is 8.08. The molecule has 0 spiro atoms. The van der Waals surface area contributed by atoms with E-state index >= 15 is 0 Å². The third-order valence-corrected chi connectivity index (χ3v) is 8.08. The zero-order valence-corrected chi connectivity index (χ0v) is 27.4. The largest absolute Gasteiger partial charge is 0.354 e. The zero-order chi connectivity index (χ0) is 33.8. The Morgan fingerprint density at radius 2 is 0.729 bits per heavy atom. The van der Waals surface area contributed by atoms with Gasteiger partial charge in [0.1, 0.15) is 12.1 Å². The number of carbonyl (C=O) groups is 4. The van der Waals surface area contributed by atoms with Gasteiger partial charge in [-0.2, -0.15) is 0 Å². The van der Waals surface area contributed by atoms with Crippen molar-refractivity contribution in [2.24, 2.45) is 0 Å². The van der Waals surface area contributed by atoms with Crippen molar-refractivity contribution in [3.63, 3.8) is 0 Å². The molecule has 0 aromatic heterocycles. The second kappa shape index (κ2) is 20.1. The molecule has 0 aliphatic heterocycles. The Labute approximate surface area is 283 Å². The van der Waals surface area contributed by atoms with Gasteiger partial charge >= 0.3 is 0 Å². The maximum absolute atomic E-state index is 13.1. The molecule has 0 aliphatic carbocycles. The molecule has 4 rings (SSSR count). The quantitative estimate of drug-likeness (QED) is 0.0987. The molecule has 4 aromatic carbocycles. The van der Waals surface area contributed by atoms with Gasteiger partial charge in [-0.25, -0.2) is 0 Å². The number of rotatable bonds is 19. The molecule has 0 aliphatic rings. The van der Waals surface area contributed by atoms with Crippen LogP contribution in [-0.2, 0) is 22.4 Å². The van der Waals surface area contributed by atoms with Gasteiger partial charge in [0.15, 0.2) is 0 Å². The summed E-state index contributed by atoms with van der Waals surface area (Å²) in [5, 5.41) is 11.8. The molecule has 8 heteroatoms. The molecule has 0 heterocycles. The molecular weight excluding hydrogens is 600 g/mol. The second-order valence-corrected chi connectivity index (χ2v) is 11.9. The summed E-state index contributed by atoms with van der Waals surface area (Å²) < 4.78 is 0. The summed E-state index contributed by atoms with van der Waals surface area (Å²) in [5.41, 5.74) is 2.99. The molecule has 0 radical (unpaired) electrons. The van der Waals surface area contributed by atoms with Crippen LogP contribution in [0.25, 0.3) is 0 Å². The molecule has 4 N–H and O–H groups in total. The fraction of sp³-hybridized carbons (Fsp3) is 0.300. The molecule has 250 valence electrons. The van der Waals surface area contributed by atoms with Gasteiger partial charge in [-0.3, -0.25) is 19.2 Å². The lowest BCUT2D eigenvalue weighted by Gasteiger charge is -2.19. The van der Waals surface area contributed by atoms with E-state index in [1.165, 1.54) is 0 Å². The van der Waals surface area contributed by atoms with E-state index in [1.807, 2.05) is 72.8 Å². The summed E-state index contributed by atoms with van der Waals surface area (Å²) in [5.74, 6) is -0.924. The molecule has 0 fully saturated rings. The molecule has 0 saturated heterocycles. The predicted octanol–water partition coefficient (Wildman–Crippen LogP) is 5.64. The van der Waals surface area contributed by atoms with Crippen LogP contribution in [0.3, 0.4) is 0 Å². The van der Waals surface area contributed by atoms with Crippen LogP contribution in [-0.4, -0.2) is 48.8 Å². The maximum atomic E-state index is 13.1. The first-order valence-electron chi connectivity index (χ1n) is 16.8. The summed E-state index contributed by atoms with van der Waals surface area (Å²) in [6.07, 6.45) is 6.48. The van der Waals surface area contributed by atoms with Gasteiger partial charge < -0.3 is 21.3 Å². The molecule has 2 atom stereocenters. The van der Waals surface area contributed by atoms with Gasteiger partial charge in [-0.15, -0.1) is 0 Å². The van der Waals surface area contributed by atoms with Crippen LogP contribution in [0, 0.1) is 0 Å². The van der Waals surface area contributed by atoms with Crippen molar-refractivity contribution in [2.45, 2.75) is 63.5 Å². The van der Waals surface area contributed by atoms with E-state index in [0.717, 1.165) is 49.7 Å². The first-order chi connectivity index (χ1) is 23.5. The monoisotopic (exact) mass is 646 g/mol. The van der Waals surface area contributed by atoms with Crippen LogP contribution in [0.4, 0.5) is 0 Å². The number of carbonyl (C=O) groups excluding carboxylic acids is 4. The van der Waals surface area contributed by atoms with Crippen LogP contribution in [0.5, 0.6) is 0 Å². The van der Waals surface area contributed by atoms with Crippen molar-refractivity contribution in [3.8, 4) is 0 Å². The zero-order valence-electron chi connectivity index (χ0n) is 27.4. The normalized spacial score (nSPS) is 11.9. The van der Waals surface area contributed by atoms with Crippen molar-refractivity contribution >= 4 is 23.6 Å². The Bertz CT molecular complexity index is 1430. The average Bonchev–Trinajstić information content (AvgIpc) is 3.13. The van der Waals surface area contributed by atoms with Crippen molar-refractivity contribution in [1.82, 2.24) is 21.3 Å². The highest BCUT2D eigenvalue weighted by Crippen LogP contribution is 2.09. The van der Waals surface area contributed by atoms with Crippen LogP contribution >= 0.6 is 0 Å². The fourth-order valence-corrected chi connectivity index (χ4v) is 5.41. The Morgan fingerprint density at radius 3 is 1.08 bits per heavy atom. The lowest BCUT2D eigenvalue weighted by atomic mass is 10.0. The summed E-state index contributed by atoms with van der Waals surface area (Å²) >= 11 is 0. The highest BCUT2D eigenvalue weighted by atomic mass is 16.2. The van der Waals surface area contributed by atoms with Crippen LogP contribution in [0.15, 0.2) is 121 Å². The number of hydrogen-bond acceptors (Lipinski definition) is 4. The van der Waals surface area contributed by atoms with Crippen molar-refractivity contribution in [3.05, 3.63) is 144 Å². The van der Waals surface area contributed by atoms with E-state index in [4.69, 9.17) is 0 Å². The van der Waals surface area contributed by atoms with Crippen molar-refractivity contribution in [2.75, 3.05) is 13.1 Å². The van der Waals surface area contributed by atoms with E-state index in [-0.39, 0.29) is 23.6 Å². The lowest BCUT2D eigenvalue weighted by Crippen LogP contribution is -2.48. The second-order valence-electron chi connectivity index (χ2n) is 11.9. The van der Waals surface area contributed by atoms with Crippen LogP contribution in [0.1, 0.15) is 70.4 Å².